The molecule has 1 aliphatic rings. The highest BCUT2D eigenvalue weighted by Crippen LogP contribution is 2.30. The summed E-state index contributed by atoms with van der Waals surface area (Å²) in [5.74, 6) is 0. The molecule has 16 heavy (non-hydrogen) atoms. The lowest BCUT2D eigenvalue weighted by Crippen LogP contribution is -2.43. The fourth-order valence-electron chi connectivity index (χ4n) is 2.53. The summed E-state index contributed by atoms with van der Waals surface area (Å²) in [5, 5.41) is 3.49. The molecule has 1 aliphatic carbocycles. The minimum Gasteiger partial charge on any atom is -0.374 e. The molecule has 0 unspecified atom stereocenters. The number of hydrogen-bond donors (Lipinski definition) is 1. The molecule has 1 saturated carbocycles. The monoisotopic (exact) mass is 227 g/mol. The van der Waals surface area contributed by atoms with Crippen LogP contribution in [0, 0.1) is 0 Å². The highest BCUT2D eigenvalue weighted by atomic mass is 16.5. The molecule has 0 saturated heterocycles. The third kappa shape index (κ3) is 4.84. The van der Waals surface area contributed by atoms with Gasteiger partial charge in [0.1, 0.15) is 0 Å². The second-order valence-corrected chi connectivity index (χ2v) is 5.08. The Morgan fingerprint density at radius 2 is 1.75 bits per heavy atom. The first-order chi connectivity index (χ1) is 7.83. The SMILES string of the molecule is CCCCOC1(CNCC)CCCCCC1. The van der Waals surface area contributed by atoms with Crippen molar-refractivity contribution in [1.29, 1.82) is 0 Å². The molecule has 0 aromatic carbocycles. The van der Waals surface area contributed by atoms with Crippen molar-refractivity contribution in [2.45, 2.75) is 70.8 Å². The zero-order valence-electron chi connectivity index (χ0n) is 11.2. The van der Waals surface area contributed by atoms with Crippen LogP contribution < -0.4 is 5.32 Å². The molecule has 0 spiro atoms. The van der Waals surface area contributed by atoms with Crippen LogP contribution in [0.4, 0.5) is 0 Å². The van der Waals surface area contributed by atoms with Crippen molar-refractivity contribution in [2.75, 3.05) is 19.7 Å². The average molecular weight is 227 g/mol. The van der Waals surface area contributed by atoms with Gasteiger partial charge in [0.05, 0.1) is 5.60 Å². The van der Waals surface area contributed by atoms with E-state index in [4.69, 9.17) is 4.74 Å². The van der Waals surface area contributed by atoms with E-state index in [1.165, 1.54) is 51.4 Å². The Labute approximate surface area is 101 Å². The van der Waals surface area contributed by atoms with Crippen LogP contribution in [0.15, 0.2) is 0 Å². The normalized spacial score (nSPS) is 20.6. The summed E-state index contributed by atoms with van der Waals surface area (Å²) in [6.07, 6.45) is 10.4. The van der Waals surface area contributed by atoms with Gasteiger partial charge < -0.3 is 10.1 Å². The van der Waals surface area contributed by atoms with Crippen molar-refractivity contribution in [3.63, 3.8) is 0 Å². The van der Waals surface area contributed by atoms with Crippen LogP contribution >= 0.6 is 0 Å². The standard InChI is InChI=1S/C14H29NO/c1-3-5-12-16-14(13-15-4-2)10-8-6-7-9-11-14/h15H,3-13H2,1-2H3. The van der Waals surface area contributed by atoms with Gasteiger partial charge in [0.25, 0.3) is 0 Å². The second kappa shape index (κ2) is 8.08. The van der Waals surface area contributed by atoms with Gasteiger partial charge in [0.15, 0.2) is 0 Å². The fourth-order valence-corrected chi connectivity index (χ4v) is 2.53. The van der Waals surface area contributed by atoms with Gasteiger partial charge in [-0.05, 0) is 25.8 Å². The molecule has 0 heterocycles. The molecule has 1 N–H and O–H groups in total. The van der Waals surface area contributed by atoms with E-state index in [1.54, 1.807) is 0 Å². The molecular formula is C14H29NO. The van der Waals surface area contributed by atoms with Crippen LogP contribution in [0.2, 0.25) is 0 Å². The molecule has 0 aromatic heterocycles. The Bertz CT molecular complexity index is 162. The summed E-state index contributed by atoms with van der Waals surface area (Å²) in [6.45, 7) is 7.46. The highest BCUT2D eigenvalue weighted by Gasteiger charge is 2.30. The van der Waals surface area contributed by atoms with E-state index < -0.39 is 0 Å². The van der Waals surface area contributed by atoms with E-state index in [-0.39, 0.29) is 5.60 Å². The molecule has 0 aromatic rings. The largest absolute Gasteiger partial charge is 0.374 e. The number of nitrogens with one attached hydrogen (secondary N) is 1. The topological polar surface area (TPSA) is 21.3 Å². The zero-order valence-corrected chi connectivity index (χ0v) is 11.2. The predicted octanol–water partition coefficient (Wildman–Crippen LogP) is 3.51. The van der Waals surface area contributed by atoms with Crippen LogP contribution in [0.25, 0.3) is 0 Å². The summed E-state index contributed by atoms with van der Waals surface area (Å²) in [6, 6.07) is 0. The number of hydrogen-bond acceptors (Lipinski definition) is 2. The quantitative estimate of drug-likeness (QED) is 0.531. The average Bonchev–Trinajstić information content (AvgIpc) is 2.53. The van der Waals surface area contributed by atoms with Crippen molar-refractivity contribution < 1.29 is 4.74 Å². The van der Waals surface area contributed by atoms with Crippen molar-refractivity contribution in [3.05, 3.63) is 0 Å². The van der Waals surface area contributed by atoms with E-state index >= 15 is 0 Å². The van der Waals surface area contributed by atoms with E-state index in [9.17, 15) is 0 Å². The van der Waals surface area contributed by atoms with Crippen LogP contribution in [0.5, 0.6) is 0 Å². The van der Waals surface area contributed by atoms with E-state index in [2.05, 4.69) is 19.2 Å². The minimum absolute atomic E-state index is 0.154. The number of likely N-dealkylation sites (N-methyl/N-ethyl adjacent to an activating group) is 1. The van der Waals surface area contributed by atoms with Gasteiger partial charge in [0.2, 0.25) is 0 Å². The molecule has 0 radical (unpaired) electrons. The van der Waals surface area contributed by atoms with Gasteiger partial charge in [-0.25, -0.2) is 0 Å². The molecule has 1 fully saturated rings. The Morgan fingerprint density at radius 1 is 1.06 bits per heavy atom. The van der Waals surface area contributed by atoms with Gasteiger partial charge in [-0.1, -0.05) is 46.0 Å². The minimum atomic E-state index is 0.154. The van der Waals surface area contributed by atoms with E-state index in [1.807, 2.05) is 0 Å². The Hall–Kier alpha value is -0.0800. The maximum Gasteiger partial charge on any atom is 0.0806 e. The van der Waals surface area contributed by atoms with Gasteiger partial charge in [-0.3, -0.25) is 0 Å². The number of ether oxygens (including phenoxy) is 1. The third-order valence-corrected chi connectivity index (χ3v) is 3.62. The summed E-state index contributed by atoms with van der Waals surface area (Å²) in [7, 11) is 0. The first kappa shape index (κ1) is 14.0. The molecule has 1 rings (SSSR count). The van der Waals surface area contributed by atoms with Crippen molar-refractivity contribution >= 4 is 0 Å². The molecule has 0 atom stereocenters. The lowest BCUT2D eigenvalue weighted by atomic mass is 9.94. The van der Waals surface area contributed by atoms with Crippen LogP contribution in [0.1, 0.15) is 65.2 Å². The van der Waals surface area contributed by atoms with Gasteiger partial charge >= 0.3 is 0 Å². The fraction of sp³-hybridized carbons (Fsp3) is 1.00. The molecule has 0 amide bonds. The first-order valence-electron chi connectivity index (χ1n) is 7.17. The lowest BCUT2D eigenvalue weighted by Gasteiger charge is -2.33. The summed E-state index contributed by atoms with van der Waals surface area (Å²) >= 11 is 0. The molecule has 0 aliphatic heterocycles. The summed E-state index contributed by atoms with van der Waals surface area (Å²) < 4.78 is 6.23. The van der Waals surface area contributed by atoms with Crippen molar-refractivity contribution in [1.82, 2.24) is 5.32 Å². The zero-order chi connectivity index (χ0) is 11.7. The smallest absolute Gasteiger partial charge is 0.0806 e. The van der Waals surface area contributed by atoms with Gasteiger partial charge in [-0.15, -0.1) is 0 Å². The maximum atomic E-state index is 6.23. The van der Waals surface area contributed by atoms with Crippen LogP contribution in [0.3, 0.4) is 0 Å². The predicted molar refractivity (Wildman–Crippen MR) is 69.8 cm³/mol. The molecule has 0 bridgehead atoms. The van der Waals surface area contributed by atoms with E-state index in [0.717, 1.165) is 19.7 Å². The third-order valence-electron chi connectivity index (χ3n) is 3.62. The second-order valence-electron chi connectivity index (χ2n) is 5.08. The lowest BCUT2D eigenvalue weighted by molar-refractivity contribution is -0.0556. The van der Waals surface area contributed by atoms with Crippen molar-refractivity contribution in [3.8, 4) is 0 Å². The van der Waals surface area contributed by atoms with Gasteiger partial charge in [-0.2, -0.15) is 0 Å². The number of unbranched alkanes of at least 4 members (excludes halogenated alkanes) is 1. The molecular weight excluding hydrogens is 198 g/mol. The molecule has 2 heteroatoms. The first-order valence-corrected chi connectivity index (χ1v) is 7.17. The Balaban J connectivity index is 2.43. The van der Waals surface area contributed by atoms with Crippen molar-refractivity contribution in [2.24, 2.45) is 0 Å². The molecule has 2 nitrogen and oxygen atoms in total. The summed E-state index contributed by atoms with van der Waals surface area (Å²) in [5.41, 5.74) is 0.154. The van der Waals surface area contributed by atoms with Crippen LogP contribution in [-0.2, 0) is 4.74 Å². The highest BCUT2D eigenvalue weighted by molar-refractivity contribution is 4.85. The van der Waals surface area contributed by atoms with Gasteiger partial charge in [0, 0.05) is 13.2 Å². The Kier molecular flexibility index (Phi) is 7.06. The number of rotatable bonds is 7. The van der Waals surface area contributed by atoms with Crippen LogP contribution in [-0.4, -0.2) is 25.3 Å². The maximum absolute atomic E-state index is 6.23. The molecule has 96 valence electrons. The summed E-state index contributed by atoms with van der Waals surface area (Å²) in [4.78, 5) is 0. The van der Waals surface area contributed by atoms with E-state index in [0.29, 0.717) is 0 Å². The Morgan fingerprint density at radius 3 is 2.31 bits per heavy atom.